The van der Waals surface area contributed by atoms with E-state index in [1.807, 2.05) is 46.4 Å². The van der Waals surface area contributed by atoms with E-state index >= 15 is 0 Å². The van der Waals surface area contributed by atoms with Gasteiger partial charge in [-0.3, -0.25) is 14.4 Å². The molecule has 302 valence electrons. The molecule has 0 aliphatic carbocycles. The summed E-state index contributed by atoms with van der Waals surface area (Å²) in [5.41, 5.74) is 21.2. The van der Waals surface area contributed by atoms with Crippen molar-refractivity contribution in [3.05, 3.63) is 20.9 Å². The van der Waals surface area contributed by atoms with Crippen molar-refractivity contribution >= 4 is 55.0 Å². The third-order valence-electron chi connectivity index (χ3n) is 5.35. The van der Waals surface area contributed by atoms with E-state index in [9.17, 15) is 14.4 Å². The van der Waals surface area contributed by atoms with Crippen LogP contribution < -0.4 is 24.3 Å². The molecule has 3 aliphatic rings. The number of hydrogen-bond acceptors (Lipinski definition) is 7. The molecule has 0 spiro atoms. The Kier molecular flexibility index (Phi) is 89.0. The van der Waals surface area contributed by atoms with Crippen molar-refractivity contribution in [2.45, 2.75) is 156 Å². The van der Waals surface area contributed by atoms with Gasteiger partial charge in [0.25, 0.3) is 0 Å². The molecule has 0 saturated carbocycles. The van der Waals surface area contributed by atoms with Crippen LogP contribution in [0.3, 0.4) is 0 Å². The molecule has 2 amide bonds. The van der Waals surface area contributed by atoms with Crippen LogP contribution >= 0.6 is 37.2 Å². The van der Waals surface area contributed by atoms with Crippen LogP contribution in [0.2, 0.25) is 0 Å². The van der Waals surface area contributed by atoms with Crippen LogP contribution in [0.5, 0.6) is 0 Å². The second kappa shape index (κ2) is 59.3. The first-order valence-electron chi connectivity index (χ1n) is 15.3. The van der Waals surface area contributed by atoms with Crippen LogP contribution in [0, 0.1) is 0 Å². The molecule has 3 rings (SSSR count). The second-order valence-corrected chi connectivity index (χ2v) is 24.7. The second-order valence-electron chi connectivity index (χ2n) is 8.46. The van der Waals surface area contributed by atoms with Gasteiger partial charge < -0.3 is 26.0 Å². The monoisotopic (exact) mass is 1050 g/mol. The number of amides is 2. The molecule has 0 aromatic carbocycles. The Labute approximate surface area is 332 Å². The molecule has 0 aromatic heterocycles. The molecule has 17 heteroatoms. The maximum atomic E-state index is 11.4. The standard InChI is InChI=1S/C7H12N4O.C7H14N2O.C4H9N.C3H5N3O2.3C2H6.5CH4.I3/c1-6(9-10-8)7(12)11-4-2-3-5-11;1-6(8)7(10)9-4-2-3-5-9;1-2-4-5-3-1;1-2(3(7)8)5-6-4;3*1-2;;;;;;1-3-2/h6H,2-5H2,1H3;6H,2-5,8H2,1H3;5H,1-4H2;2H,1H3,(H,7,8);3*1-2H3;5*1H4;/q;;;;;;;;;;;;-1. The van der Waals surface area contributed by atoms with Crippen LogP contribution in [0.4, 0.5) is 0 Å². The Morgan fingerprint density at radius 2 is 0.980 bits per heavy atom. The predicted octanol–water partition coefficient (Wildman–Crippen LogP) is 7.44. The van der Waals surface area contributed by atoms with E-state index in [0.29, 0.717) is 13.3 Å². The number of azide groups is 2. The number of carbonyl (C=O) groups is 3. The van der Waals surface area contributed by atoms with Crippen molar-refractivity contribution in [2.24, 2.45) is 16.0 Å². The zero-order chi connectivity index (χ0) is 35.3. The fourth-order valence-electron chi connectivity index (χ4n) is 3.31. The summed E-state index contributed by atoms with van der Waals surface area (Å²) in [5, 5.41) is 17.5. The summed E-state index contributed by atoms with van der Waals surface area (Å²) >= 11 is 5.30. The van der Waals surface area contributed by atoms with E-state index in [2.05, 4.69) is 62.6 Å². The van der Waals surface area contributed by atoms with Crippen LogP contribution in [-0.2, 0) is 14.4 Å². The van der Waals surface area contributed by atoms with Crippen molar-refractivity contribution < 1.29 is 32.7 Å². The summed E-state index contributed by atoms with van der Waals surface area (Å²) in [6, 6.07) is -1.83. The molecule has 3 aliphatic heterocycles. The molecule has 0 aromatic rings. The Bertz CT molecular complexity index is 763. The van der Waals surface area contributed by atoms with E-state index < -0.39 is 18.1 Å². The quantitative estimate of drug-likeness (QED) is 0.110. The normalized spacial score (nSPS) is 14.0. The minimum absolute atomic E-state index is 0. The van der Waals surface area contributed by atoms with Gasteiger partial charge in [0.15, 0.2) is 0 Å². The van der Waals surface area contributed by atoms with Gasteiger partial charge in [-0.05, 0) is 83.4 Å². The summed E-state index contributed by atoms with van der Waals surface area (Å²) in [6.07, 6.45) is 7.18. The number of carbonyl (C=O) groups excluding carboxylic acids is 2. The molecule has 49 heavy (non-hydrogen) atoms. The fraction of sp³-hybridized carbons (Fsp3) is 0.906. The molecular weight excluding hydrogens is 969 g/mol. The van der Waals surface area contributed by atoms with Crippen LogP contribution in [-0.4, -0.2) is 90.1 Å². The maximum absolute atomic E-state index is 11.4. The number of nitrogens with zero attached hydrogens (tertiary/aromatic N) is 8. The number of nitrogens with one attached hydrogen (secondary N) is 1. The summed E-state index contributed by atoms with van der Waals surface area (Å²) in [7, 11) is 0. The topological polar surface area (TPSA) is 213 Å². The van der Waals surface area contributed by atoms with Gasteiger partial charge in [0.2, 0.25) is 11.8 Å². The number of halogens is 3. The zero-order valence-electron chi connectivity index (χ0n) is 28.2. The molecule has 3 heterocycles. The minimum atomic E-state index is -1.11. The van der Waals surface area contributed by atoms with Gasteiger partial charge in [0, 0.05) is 36.0 Å². The van der Waals surface area contributed by atoms with E-state index in [0.717, 1.165) is 51.9 Å². The van der Waals surface area contributed by atoms with Gasteiger partial charge in [-0.1, -0.05) is 88.9 Å². The molecule has 3 unspecified atom stereocenters. The first-order valence-corrected chi connectivity index (χ1v) is 27.9. The van der Waals surface area contributed by atoms with Gasteiger partial charge in [-0.15, -0.1) is 0 Å². The van der Waals surface area contributed by atoms with Crippen molar-refractivity contribution in [1.29, 1.82) is 0 Å². The van der Waals surface area contributed by atoms with E-state index in [4.69, 9.17) is 21.9 Å². The molecule has 3 saturated heterocycles. The number of aliphatic carboxylic acids is 1. The number of carboxylic acid groups (broad SMARTS) is 1. The van der Waals surface area contributed by atoms with E-state index in [-0.39, 0.29) is 55.0 Å². The number of likely N-dealkylation sites (tertiary alicyclic amines) is 2. The first-order chi connectivity index (χ1) is 21.1. The molecule has 4 N–H and O–H groups in total. The van der Waals surface area contributed by atoms with Crippen molar-refractivity contribution in [3.8, 4) is 0 Å². The zero-order valence-corrected chi connectivity index (χ0v) is 34.7. The average molecular weight is 1050 g/mol. The number of carboxylic acids is 1. The van der Waals surface area contributed by atoms with Crippen LogP contribution in [0.15, 0.2) is 10.2 Å². The fourth-order valence-corrected chi connectivity index (χ4v) is 3.31. The Morgan fingerprint density at radius 1 is 0.694 bits per heavy atom. The third kappa shape index (κ3) is 49.3. The van der Waals surface area contributed by atoms with Crippen LogP contribution in [0.25, 0.3) is 20.9 Å². The number of rotatable bonds is 5. The number of nitrogens with two attached hydrogens (primary N) is 1. The van der Waals surface area contributed by atoms with Crippen LogP contribution in [0.1, 0.15) is 138 Å². The molecule has 3 atom stereocenters. The van der Waals surface area contributed by atoms with E-state index in [1.54, 1.807) is 18.7 Å². The third-order valence-corrected chi connectivity index (χ3v) is 5.35. The van der Waals surface area contributed by atoms with Crippen molar-refractivity contribution in [2.75, 3.05) is 39.3 Å². The van der Waals surface area contributed by atoms with Gasteiger partial charge in [-0.2, -0.15) is 0 Å². The average Bonchev–Trinajstić information content (AvgIpc) is 3.86. The molecule has 14 nitrogen and oxygen atoms in total. The van der Waals surface area contributed by atoms with Crippen molar-refractivity contribution in [1.82, 2.24) is 15.1 Å². The predicted molar refractivity (Wildman–Crippen MR) is 228 cm³/mol. The van der Waals surface area contributed by atoms with Gasteiger partial charge in [-0.25, -0.2) is 0 Å². The van der Waals surface area contributed by atoms with Gasteiger partial charge >= 0.3 is 56.5 Å². The molecule has 0 bridgehead atoms. The summed E-state index contributed by atoms with van der Waals surface area (Å²) < 4.78 is 0. The SMILES string of the molecule is C.C.C.C.C.C1CCNC1.CC.CC.CC.CC(N)C(=O)N1CCCC1.CC(N=[N+]=[N-])C(=O)N1CCCC1.CC(N=[N+]=[N-])C(=O)O.I[I-]I. The Hall–Kier alpha value is -0.860. The summed E-state index contributed by atoms with van der Waals surface area (Å²) in [4.78, 5) is 40.9. The summed E-state index contributed by atoms with van der Waals surface area (Å²) in [6.45, 7) is 22.6. The first kappa shape index (κ1) is 73.5. The molecular formula is C32H78I3N10O4-. The molecule has 3 fully saturated rings. The van der Waals surface area contributed by atoms with E-state index in [1.165, 1.54) is 32.9 Å². The Morgan fingerprint density at radius 3 is 1.18 bits per heavy atom. The van der Waals surface area contributed by atoms with Crippen molar-refractivity contribution in [3.63, 3.8) is 0 Å². The molecule has 0 radical (unpaired) electrons. The number of hydrogen-bond donors (Lipinski definition) is 3. The van der Waals surface area contributed by atoms with Gasteiger partial charge in [0.1, 0.15) is 12.1 Å². The van der Waals surface area contributed by atoms with Gasteiger partial charge in [0.05, 0.1) is 6.04 Å². The Balaban J connectivity index is -0.0000000474. The summed E-state index contributed by atoms with van der Waals surface area (Å²) in [5.74, 6) is -1.06.